The summed E-state index contributed by atoms with van der Waals surface area (Å²) < 4.78 is 5.64. The number of nitrogens with one attached hydrogen (secondary N) is 1. The zero-order chi connectivity index (χ0) is 22.4. The number of hydrogen-bond donors (Lipinski definition) is 1. The Morgan fingerprint density at radius 3 is 2.45 bits per heavy atom. The summed E-state index contributed by atoms with van der Waals surface area (Å²) in [6.07, 6.45) is 1.38. The van der Waals surface area contributed by atoms with Gasteiger partial charge in [0.05, 0.1) is 24.6 Å². The molecule has 0 aliphatic heterocycles. The van der Waals surface area contributed by atoms with Crippen LogP contribution in [0.2, 0.25) is 0 Å². The minimum absolute atomic E-state index is 0.0989. The minimum atomic E-state index is -0.680. The lowest BCUT2D eigenvalue weighted by Gasteiger charge is -2.10. The molecule has 0 saturated carbocycles. The van der Waals surface area contributed by atoms with E-state index in [2.05, 4.69) is 20.4 Å². The van der Waals surface area contributed by atoms with Crippen molar-refractivity contribution in [2.24, 2.45) is 5.10 Å². The number of hydrazone groups is 1. The number of carbonyl (C=O) groups excluding carboxylic acids is 2. The SMILES string of the molecule is COC(=O)c1ccc(C=NNC(=O)c2nn(-c3ccccc3)c(=O)c(C#N)c2C)cc1. The first-order valence-corrected chi connectivity index (χ1v) is 9.07. The first-order valence-electron chi connectivity index (χ1n) is 9.07. The van der Waals surface area contributed by atoms with Gasteiger partial charge in [-0.1, -0.05) is 30.3 Å². The van der Waals surface area contributed by atoms with Crippen LogP contribution < -0.4 is 11.0 Å². The normalized spacial score (nSPS) is 10.5. The molecule has 0 saturated heterocycles. The average molecular weight is 415 g/mol. The average Bonchev–Trinajstić information content (AvgIpc) is 2.80. The highest BCUT2D eigenvalue weighted by atomic mass is 16.5. The van der Waals surface area contributed by atoms with Gasteiger partial charge in [-0.25, -0.2) is 10.2 Å². The number of nitrogens with zero attached hydrogens (tertiary/aromatic N) is 4. The summed E-state index contributed by atoms with van der Waals surface area (Å²) >= 11 is 0. The Hall–Kier alpha value is -4.58. The Bertz CT molecular complexity index is 1260. The topological polar surface area (TPSA) is 126 Å². The molecule has 1 amide bonds. The third-order valence-electron chi connectivity index (χ3n) is 4.38. The van der Waals surface area contributed by atoms with Gasteiger partial charge in [0.25, 0.3) is 11.5 Å². The molecule has 0 atom stereocenters. The van der Waals surface area contributed by atoms with E-state index in [0.29, 0.717) is 16.8 Å². The van der Waals surface area contributed by atoms with Crippen molar-refractivity contribution < 1.29 is 14.3 Å². The molecule has 154 valence electrons. The Kier molecular flexibility index (Phi) is 6.33. The van der Waals surface area contributed by atoms with Crippen LogP contribution in [0.15, 0.2) is 64.5 Å². The fraction of sp³-hybridized carbons (Fsp3) is 0.0909. The van der Waals surface area contributed by atoms with Gasteiger partial charge in [-0.05, 0) is 36.8 Å². The van der Waals surface area contributed by atoms with Gasteiger partial charge < -0.3 is 4.74 Å². The molecule has 0 bridgehead atoms. The predicted octanol–water partition coefficient (Wildman–Crippen LogP) is 1.96. The monoisotopic (exact) mass is 415 g/mol. The van der Waals surface area contributed by atoms with Crippen molar-refractivity contribution in [2.75, 3.05) is 7.11 Å². The third kappa shape index (κ3) is 4.54. The molecular formula is C22H17N5O4. The number of para-hydroxylation sites is 1. The molecule has 31 heavy (non-hydrogen) atoms. The molecule has 1 aromatic heterocycles. The third-order valence-corrected chi connectivity index (χ3v) is 4.38. The molecule has 0 radical (unpaired) electrons. The van der Waals surface area contributed by atoms with Crippen LogP contribution in [0.3, 0.4) is 0 Å². The van der Waals surface area contributed by atoms with Gasteiger partial charge >= 0.3 is 5.97 Å². The lowest BCUT2D eigenvalue weighted by Crippen LogP contribution is -2.31. The first kappa shape index (κ1) is 21.1. The number of benzene rings is 2. The summed E-state index contributed by atoms with van der Waals surface area (Å²) in [5.74, 6) is -1.14. The fourth-order valence-electron chi connectivity index (χ4n) is 2.74. The van der Waals surface area contributed by atoms with Crippen LogP contribution in [-0.2, 0) is 4.74 Å². The van der Waals surface area contributed by atoms with Crippen LogP contribution in [0.4, 0.5) is 0 Å². The number of aromatic nitrogens is 2. The fourth-order valence-corrected chi connectivity index (χ4v) is 2.74. The van der Waals surface area contributed by atoms with Crippen molar-refractivity contribution in [2.45, 2.75) is 6.92 Å². The van der Waals surface area contributed by atoms with Gasteiger partial charge in [0.2, 0.25) is 0 Å². The van der Waals surface area contributed by atoms with E-state index in [9.17, 15) is 19.6 Å². The first-order chi connectivity index (χ1) is 15.0. The maximum atomic E-state index is 12.6. The summed E-state index contributed by atoms with van der Waals surface area (Å²) in [6, 6.07) is 16.7. The van der Waals surface area contributed by atoms with Gasteiger partial charge in [0.1, 0.15) is 11.6 Å². The Morgan fingerprint density at radius 1 is 1.16 bits per heavy atom. The van der Waals surface area contributed by atoms with Crippen LogP contribution in [-0.4, -0.2) is 35.0 Å². The van der Waals surface area contributed by atoms with E-state index >= 15 is 0 Å². The van der Waals surface area contributed by atoms with Crippen LogP contribution in [0, 0.1) is 18.3 Å². The second-order valence-electron chi connectivity index (χ2n) is 6.33. The van der Waals surface area contributed by atoms with Crippen LogP contribution in [0.25, 0.3) is 5.69 Å². The molecule has 0 fully saturated rings. The highest BCUT2D eigenvalue weighted by molar-refractivity contribution is 5.95. The number of esters is 1. The predicted molar refractivity (Wildman–Crippen MR) is 112 cm³/mol. The van der Waals surface area contributed by atoms with Crippen molar-refractivity contribution in [1.82, 2.24) is 15.2 Å². The molecule has 3 aromatic rings. The molecule has 2 aromatic carbocycles. The Labute approximate surface area is 177 Å². The summed E-state index contributed by atoms with van der Waals surface area (Å²) in [4.78, 5) is 36.7. The number of methoxy groups -OCH3 is 1. The molecule has 0 aliphatic rings. The zero-order valence-corrected chi connectivity index (χ0v) is 16.7. The number of hydrogen-bond acceptors (Lipinski definition) is 7. The largest absolute Gasteiger partial charge is 0.465 e. The maximum Gasteiger partial charge on any atom is 0.337 e. The van der Waals surface area contributed by atoms with E-state index in [0.717, 1.165) is 4.68 Å². The van der Waals surface area contributed by atoms with Gasteiger partial charge in [-0.2, -0.15) is 20.1 Å². The standard InChI is InChI=1S/C22H17N5O4/c1-14-18(12-23)21(29)27(17-6-4-3-5-7-17)26-19(14)20(28)25-24-13-15-8-10-16(11-9-15)22(30)31-2/h3-11,13H,1-2H3,(H,25,28). The minimum Gasteiger partial charge on any atom is -0.465 e. The molecule has 1 N–H and O–H groups in total. The van der Waals surface area contributed by atoms with E-state index in [1.807, 2.05) is 6.07 Å². The van der Waals surface area contributed by atoms with Crippen molar-refractivity contribution in [3.8, 4) is 11.8 Å². The summed E-state index contributed by atoms with van der Waals surface area (Å²) in [5.41, 5.74) is 3.05. The van der Waals surface area contributed by atoms with Gasteiger partial charge in [0, 0.05) is 5.56 Å². The van der Waals surface area contributed by atoms with E-state index in [1.54, 1.807) is 54.6 Å². The van der Waals surface area contributed by atoms with Gasteiger partial charge in [-0.15, -0.1) is 0 Å². The molecule has 1 heterocycles. The molecular weight excluding hydrogens is 398 g/mol. The molecule has 0 spiro atoms. The molecule has 0 aliphatic carbocycles. The lowest BCUT2D eigenvalue weighted by atomic mass is 10.1. The maximum absolute atomic E-state index is 12.6. The van der Waals surface area contributed by atoms with E-state index < -0.39 is 17.4 Å². The van der Waals surface area contributed by atoms with Crippen LogP contribution in [0.5, 0.6) is 0 Å². The lowest BCUT2D eigenvalue weighted by molar-refractivity contribution is 0.0600. The molecule has 0 unspecified atom stereocenters. The van der Waals surface area contributed by atoms with E-state index in [1.165, 1.54) is 20.2 Å². The van der Waals surface area contributed by atoms with Gasteiger partial charge in [0.15, 0.2) is 5.69 Å². The van der Waals surface area contributed by atoms with E-state index in [4.69, 9.17) is 0 Å². The van der Waals surface area contributed by atoms with E-state index in [-0.39, 0.29) is 16.8 Å². The summed E-state index contributed by atoms with van der Waals surface area (Å²) in [5, 5.41) is 17.4. The van der Waals surface area contributed by atoms with Crippen molar-refractivity contribution in [3.63, 3.8) is 0 Å². The van der Waals surface area contributed by atoms with Crippen LogP contribution in [0.1, 0.15) is 37.5 Å². The van der Waals surface area contributed by atoms with Crippen molar-refractivity contribution in [3.05, 3.63) is 92.9 Å². The van der Waals surface area contributed by atoms with Crippen LogP contribution >= 0.6 is 0 Å². The van der Waals surface area contributed by atoms with Crippen molar-refractivity contribution in [1.29, 1.82) is 5.26 Å². The van der Waals surface area contributed by atoms with Crippen molar-refractivity contribution >= 4 is 18.1 Å². The molecule has 3 rings (SSSR count). The highest BCUT2D eigenvalue weighted by Gasteiger charge is 2.20. The van der Waals surface area contributed by atoms with Gasteiger partial charge in [-0.3, -0.25) is 9.59 Å². The Morgan fingerprint density at radius 2 is 1.84 bits per heavy atom. The number of carbonyl (C=O) groups is 2. The summed E-state index contributed by atoms with van der Waals surface area (Å²) in [7, 11) is 1.29. The second-order valence-corrected chi connectivity index (χ2v) is 6.33. The zero-order valence-electron chi connectivity index (χ0n) is 16.7. The smallest absolute Gasteiger partial charge is 0.337 e. The number of nitriles is 1. The summed E-state index contributed by atoms with van der Waals surface area (Å²) in [6.45, 7) is 1.48. The highest BCUT2D eigenvalue weighted by Crippen LogP contribution is 2.10. The second kappa shape index (κ2) is 9.28. The molecule has 9 heteroatoms. The Balaban J connectivity index is 1.86. The number of rotatable bonds is 5. The number of ether oxygens (including phenoxy) is 1. The number of amides is 1. The molecule has 9 nitrogen and oxygen atoms in total. The quantitative estimate of drug-likeness (QED) is 0.386.